The van der Waals surface area contributed by atoms with E-state index in [1.807, 2.05) is 0 Å². The van der Waals surface area contributed by atoms with E-state index in [1.54, 1.807) is 4.90 Å². The van der Waals surface area contributed by atoms with Gasteiger partial charge in [0.15, 0.2) is 0 Å². The van der Waals surface area contributed by atoms with Gasteiger partial charge in [-0.2, -0.15) is 0 Å². The summed E-state index contributed by atoms with van der Waals surface area (Å²) in [5.41, 5.74) is 5.49. The largest absolute Gasteiger partial charge is 0.370 e. The molecule has 2 unspecified atom stereocenters. The maximum Gasteiger partial charge on any atom is 0.253 e. The number of carbonyl (C=O) groups excluding carboxylic acids is 2. The van der Waals surface area contributed by atoms with Crippen LogP contribution in [-0.4, -0.2) is 55.1 Å². The molecule has 0 spiro atoms. The van der Waals surface area contributed by atoms with E-state index in [1.165, 1.54) is 7.11 Å². The van der Waals surface area contributed by atoms with Crippen LogP contribution in [0.25, 0.3) is 0 Å². The van der Waals surface area contributed by atoms with Gasteiger partial charge in [-0.15, -0.1) is 12.4 Å². The second-order valence-electron chi connectivity index (χ2n) is 4.93. The topological polar surface area (TPSA) is 84.7 Å². The lowest BCUT2D eigenvalue weighted by molar-refractivity contribution is -0.146. The first kappa shape index (κ1) is 16.2. The molecule has 110 valence electrons. The van der Waals surface area contributed by atoms with Gasteiger partial charge in [-0.1, -0.05) is 0 Å². The third-order valence-electron chi connectivity index (χ3n) is 3.54. The van der Waals surface area contributed by atoms with Gasteiger partial charge in [0.25, 0.3) is 5.91 Å². The highest BCUT2D eigenvalue weighted by atomic mass is 35.5. The van der Waals surface area contributed by atoms with Crippen LogP contribution < -0.4 is 11.1 Å². The van der Waals surface area contributed by atoms with Crippen molar-refractivity contribution >= 4 is 24.2 Å². The van der Waals surface area contributed by atoms with Crippen LogP contribution in [0.3, 0.4) is 0 Å². The van der Waals surface area contributed by atoms with Crippen LogP contribution in [0.15, 0.2) is 0 Å². The molecule has 1 aliphatic carbocycles. The fourth-order valence-corrected chi connectivity index (χ4v) is 2.31. The second-order valence-corrected chi connectivity index (χ2v) is 4.93. The Morgan fingerprint density at radius 2 is 2.11 bits per heavy atom. The van der Waals surface area contributed by atoms with Gasteiger partial charge in [-0.25, -0.2) is 0 Å². The number of hydrogen-bond acceptors (Lipinski definition) is 4. The summed E-state index contributed by atoms with van der Waals surface area (Å²) in [6.07, 6.45) is 3.05. The number of amides is 2. The molecule has 0 aromatic carbocycles. The van der Waals surface area contributed by atoms with Crippen LogP contribution in [-0.2, 0) is 14.3 Å². The highest BCUT2D eigenvalue weighted by molar-refractivity contribution is 5.90. The molecule has 0 bridgehead atoms. The summed E-state index contributed by atoms with van der Waals surface area (Å²) in [4.78, 5) is 25.8. The molecule has 1 heterocycles. The Labute approximate surface area is 119 Å². The summed E-state index contributed by atoms with van der Waals surface area (Å²) in [7, 11) is 1.46. The van der Waals surface area contributed by atoms with E-state index < -0.39 is 6.10 Å². The fourth-order valence-electron chi connectivity index (χ4n) is 2.31. The Kier molecular flexibility index (Phi) is 6.03. The number of rotatable bonds is 5. The summed E-state index contributed by atoms with van der Waals surface area (Å²) in [5, 5.41) is 2.95. The zero-order valence-corrected chi connectivity index (χ0v) is 11.9. The van der Waals surface area contributed by atoms with Crippen LogP contribution in [0.2, 0.25) is 0 Å². The lowest BCUT2D eigenvalue weighted by atomic mass is 10.2. The van der Waals surface area contributed by atoms with E-state index in [2.05, 4.69) is 5.32 Å². The van der Waals surface area contributed by atoms with Gasteiger partial charge in [-0.3, -0.25) is 9.59 Å². The molecule has 19 heavy (non-hydrogen) atoms. The minimum absolute atomic E-state index is 0. The molecule has 2 atom stereocenters. The van der Waals surface area contributed by atoms with Crippen LogP contribution in [0.5, 0.6) is 0 Å². The molecule has 2 rings (SSSR count). The van der Waals surface area contributed by atoms with Gasteiger partial charge in [0, 0.05) is 26.2 Å². The summed E-state index contributed by atoms with van der Waals surface area (Å²) < 4.78 is 5.05. The number of nitrogens with two attached hydrogens (primary N) is 1. The zero-order valence-electron chi connectivity index (χ0n) is 11.1. The molecular formula is C12H22ClN3O3. The monoisotopic (exact) mass is 291 g/mol. The predicted octanol–water partition coefficient (Wildman–Crippen LogP) is -0.348. The van der Waals surface area contributed by atoms with E-state index in [-0.39, 0.29) is 36.8 Å². The maximum absolute atomic E-state index is 12.2. The summed E-state index contributed by atoms with van der Waals surface area (Å²) in [6.45, 7) is 0.754. The van der Waals surface area contributed by atoms with Crippen molar-refractivity contribution in [3.8, 4) is 0 Å². The number of likely N-dealkylation sites (tertiary alicyclic amines) is 1. The number of nitrogens with zero attached hydrogens (tertiary/aromatic N) is 1. The number of hydrogen-bond donors (Lipinski definition) is 2. The predicted molar refractivity (Wildman–Crippen MR) is 73.0 cm³/mol. The van der Waals surface area contributed by atoms with Crippen LogP contribution in [0, 0.1) is 0 Å². The molecule has 0 radical (unpaired) electrons. The Morgan fingerprint density at radius 1 is 1.42 bits per heavy atom. The van der Waals surface area contributed by atoms with Gasteiger partial charge < -0.3 is 20.7 Å². The first-order chi connectivity index (χ1) is 8.67. The first-order valence-electron chi connectivity index (χ1n) is 6.51. The minimum atomic E-state index is -0.640. The Morgan fingerprint density at radius 3 is 2.63 bits per heavy atom. The lowest BCUT2D eigenvalue weighted by Crippen LogP contribution is -2.51. The molecule has 6 nitrogen and oxygen atoms in total. The van der Waals surface area contributed by atoms with Crippen molar-refractivity contribution in [3.05, 3.63) is 0 Å². The number of carbonyl (C=O) groups is 2. The molecule has 2 fully saturated rings. The number of nitrogens with one attached hydrogen (secondary N) is 1. The highest BCUT2D eigenvalue weighted by Crippen LogP contribution is 2.23. The Bertz CT molecular complexity index is 332. The van der Waals surface area contributed by atoms with Gasteiger partial charge in [0.1, 0.15) is 12.1 Å². The van der Waals surface area contributed by atoms with Gasteiger partial charge in [0.2, 0.25) is 5.91 Å². The SMILES string of the molecule is COC(CN)C(=O)N1CCCC1C(=O)NC1CC1.Cl. The van der Waals surface area contributed by atoms with E-state index in [4.69, 9.17) is 10.5 Å². The summed E-state index contributed by atoms with van der Waals surface area (Å²) >= 11 is 0. The van der Waals surface area contributed by atoms with Crippen molar-refractivity contribution in [2.24, 2.45) is 5.73 Å². The first-order valence-corrected chi connectivity index (χ1v) is 6.51. The average molecular weight is 292 g/mol. The minimum Gasteiger partial charge on any atom is -0.370 e. The van der Waals surface area contributed by atoms with E-state index in [0.717, 1.165) is 25.7 Å². The molecule has 2 amide bonds. The molecule has 7 heteroatoms. The summed E-state index contributed by atoms with van der Waals surface area (Å²) in [6, 6.07) is -0.0231. The Balaban J connectivity index is 0.00000180. The summed E-state index contributed by atoms with van der Waals surface area (Å²) in [5.74, 6) is -0.205. The van der Waals surface area contributed by atoms with Crippen LogP contribution >= 0.6 is 12.4 Å². The molecule has 1 saturated carbocycles. The fraction of sp³-hybridized carbons (Fsp3) is 0.833. The number of methoxy groups -OCH3 is 1. The molecule has 2 aliphatic rings. The lowest BCUT2D eigenvalue weighted by Gasteiger charge is -2.27. The van der Waals surface area contributed by atoms with Crippen LogP contribution in [0.1, 0.15) is 25.7 Å². The third-order valence-corrected chi connectivity index (χ3v) is 3.54. The van der Waals surface area contributed by atoms with Gasteiger partial charge >= 0.3 is 0 Å². The van der Waals surface area contributed by atoms with Crippen molar-refractivity contribution in [3.63, 3.8) is 0 Å². The van der Waals surface area contributed by atoms with Crippen molar-refractivity contribution in [1.82, 2.24) is 10.2 Å². The highest BCUT2D eigenvalue weighted by Gasteiger charge is 2.38. The zero-order chi connectivity index (χ0) is 13.1. The van der Waals surface area contributed by atoms with E-state index in [0.29, 0.717) is 12.6 Å². The van der Waals surface area contributed by atoms with Crippen molar-refractivity contribution in [1.29, 1.82) is 0 Å². The molecule has 1 aliphatic heterocycles. The second kappa shape index (κ2) is 7.07. The smallest absolute Gasteiger partial charge is 0.253 e. The van der Waals surface area contributed by atoms with Crippen molar-refractivity contribution in [2.45, 2.75) is 43.9 Å². The van der Waals surface area contributed by atoms with E-state index >= 15 is 0 Å². The van der Waals surface area contributed by atoms with Crippen LogP contribution in [0.4, 0.5) is 0 Å². The average Bonchev–Trinajstić information content (AvgIpc) is 3.04. The standard InChI is InChI=1S/C12H21N3O3.ClH/c1-18-10(7-13)12(17)15-6-2-3-9(15)11(16)14-8-4-5-8;/h8-10H,2-7,13H2,1H3,(H,14,16);1H. The van der Waals surface area contributed by atoms with E-state index in [9.17, 15) is 9.59 Å². The molecule has 0 aromatic rings. The Hall–Kier alpha value is -0.850. The quantitative estimate of drug-likeness (QED) is 0.725. The molecule has 1 saturated heterocycles. The number of ether oxygens (including phenoxy) is 1. The van der Waals surface area contributed by atoms with Crippen molar-refractivity contribution < 1.29 is 14.3 Å². The molecule has 3 N–H and O–H groups in total. The third kappa shape index (κ3) is 3.81. The normalized spacial score (nSPS) is 23.7. The molecular weight excluding hydrogens is 270 g/mol. The molecule has 0 aromatic heterocycles. The van der Waals surface area contributed by atoms with Gasteiger partial charge in [-0.05, 0) is 25.7 Å². The van der Waals surface area contributed by atoms with Gasteiger partial charge in [0.05, 0.1) is 0 Å². The maximum atomic E-state index is 12.2. The number of halogens is 1. The van der Waals surface area contributed by atoms with Crippen molar-refractivity contribution in [2.75, 3.05) is 20.2 Å².